The van der Waals surface area contributed by atoms with E-state index in [2.05, 4.69) is 133 Å². The van der Waals surface area contributed by atoms with Crippen LogP contribution in [0.15, 0.2) is 42.0 Å². The maximum Gasteiger partial charge on any atom is 0.0282 e. The molecule has 0 bridgehead atoms. The van der Waals surface area contributed by atoms with Crippen molar-refractivity contribution in [3.05, 3.63) is 73.3 Å². The lowest BCUT2D eigenvalue weighted by Gasteiger charge is -2.45. The van der Waals surface area contributed by atoms with E-state index in [1.54, 1.807) is 5.57 Å². The zero-order chi connectivity index (χ0) is 28.1. The van der Waals surface area contributed by atoms with Crippen molar-refractivity contribution in [3.63, 3.8) is 0 Å². The third-order valence-electron chi connectivity index (χ3n) is 8.11. The molecule has 1 aromatic carbocycles. The Balaban J connectivity index is 2.03. The van der Waals surface area contributed by atoms with Crippen molar-refractivity contribution in [3.8, 4) is 0 Å². The number of hydrogen-bond acceptors (Lipinski definition) is 1. The van der Waals surface area contributed by atoms with E-state index in [0.717, 1.165) is 12.8 Å². The summed E-state index contributed by atoms with van der Waals surface area (Å²) in [5.74, 6) is 1.05. The maximum atomic E-state index is 4.62. The Morgan fingerprint density at radius 2 is 1.08 bits per heavy atom. The smallest absolute Gasteiger partial charge is 0.0282 e. The third-order valence-corrected chi connectivity index (χ3v) is 9.09. The van der Waals surface area contributed by atoms with E-state index in [1.165, 1.54) is 36.9 Å². The molecule has 3 rings (SSSR count). The highest BCUT2D eigenvalue weighted by atomic mass is 32.1. The molecule has 0 spiro atoms. The van der Waals surface area contributed by atoms with E-state index in [9.17, 15) is 0 Å². The lowest BCUT2D eigenvalue weighted by Crippen LogP contribution is -2.35. The Bertz CT molecular complexity index is 1210. The number of benzene rings is 1. The third kappa shape index (κ3) is 6.97. The summed E-state index contributed by atoms with van der Waals surface area (Å²) >= 11 is 1.90. The summed E-state index contributed by atoms with van der Waals surface area (Å²) in [5.41, 5.74) is 6.29. The summed E-state index contributed by atoms with van der Waals surface area (Å²) in [5, 5.41) is 2.47. The minimum absolute atomic E-state index is 0.0597. The Morgan fingerprint density at radius 3 is 1.46 bits per heavy atom. The lowest BCUT2D eigenvalue weighted by molar-refractivity contribution is 0.180. The average Bonchev–Trinajstić information content (AvgIpc) is 3.13. The minimum Gasteiger partial charge on any atom is -0.136 e. The van der Waals surface area contributed by atoms with Crippen LogP contribution in [0.1, 0.15) is 117 Å². The van der Waals surface area contributed by atoms with Gasteiger partial charge in [-0.3, -0.25) is 0 Å². The van der Waals surface area contributed by atoms with Crippen LogP contribution in [-0.4, -0.2) is 0 Å². The molecule has 0 saturated heterocycles. The van der Waals surface area contributed by atoms with Crippen LogP contribution in [-0.2, 0) is 10.8 Å². The van der Waals surface area contributed by atoms with Crippen LogP contribution in [0.4, 0.5) is 0 Å². The molecule has 1 fully saturated rings. The van der Waals surface area contributed by atoms with E-state index in [1.807, 2.05) is 11.3 Å². The highest BCUT2D eigenvalue weighted by Gasteiger charge is 2.40. The van der Waals surface area contributed by atoms with Crippen molar-refractivity contribution in [2.75, 3.05) is 0 Å². The SMILES string of the molecule is C=C1C(C(C)(C)C)CC(=Cc2ccc(C=c3cc(C(C)(C)C)c(=C)c(C(C)(C)C)c3)s2)CC1C(C)(C)C. The van der Waals surface area contributed by atoms with Crippen LogP contribution in [0.2, 0.25) is 0 Å². The fourth-order valence-corrected chi connectivity index (χ4v) is 6.93. The Morgan fingerprint density at radius 1 is 0.676 bits per heavy atom. The standard InChI is InChI=1S/C36H52S/c1-23-29(33(3,4)5)19-25(20-30(23)34(6,7)8)17-27-15-16-28(37-27)18-26-21-31(35(9,10)11)24(2)32(22-26)36(12,13)14/h15-20,31-32H,1-2,21-22H2,3-14H3. The second-order valence-electron chi connectivity index (χ2n) is 15.6. The van der Waals surface area contributed by atoms with Gasteiger partial charge in [-0.25, -0.2) is 0 Å². The summed E-state index contributed by atoms with van der Waals surface area (Å²) in [6, 6.07) is 9.29. The summed E-state index contributed by atoms with van der Waals surface area (Å²) in [4.78, 5) is 2.67. The molecule has 1 aliphatic rings. The van der Waals surface area contributed by atoms with Gasteiger partial charge in [-0.05, 0) is 92.2 Å². The quantitative estimate of drug-likeness (QED) is 0.348. The molecular formula is C36H52S. The highest BCUT2D eigenvalue weighted by Crippen LogP contribution is 2.51. The molecule has 1 aliphatic carbocycles. The molecule has 37 heavy (non-hydrogen) atoms. The van der Waals surface area contributed by atoms with Crippen molar-refractivity contribution in [1.82, 2.24) is 0 Å². The maximum absolute atomic E-state index is 4.62. The van der Waals surface area contributed by atoms with Gasteiger partial charge in [-0.1, -0.05) is 120 Å². The van der Waals surface area contributed by atoms with Gasteiger partial charge >= 0.3 is 0 Å². The van der Waals surface area contributed by atoms with Crippen LogP contribution >= 0.6 is 11.3 Å². The second kappa shape index (κ2) is 10.0. The molecule has 2 atom stereocenters. The van der Waals surface area contributed by atoms with Gasteiger partial charge in [0.1, 0.15) is 0 Å². The Kier molecular flexibility index (Phi) is 8.05. The van der Waals surface area contributed by atoms with E-state index >= 15 is 0 Å². The number of rotatable bonds is 2. The second-order valence-corrected chi connectivity index (χ2v) is 16.7. The molecule has 1 aromatic heterocycles. The molecule has 0 aliphatic heterocycles. The molecule has 1 heterocycles. The lowest BCUT2D eigenvalue weighted by atomic mass is 9.59. The normalized spacial score (nSPS) is 19.8. The molecule has 0 nitrogen and oxygen atoms in total. The van der Waals surface area contributed by atoms with Crippen LogP contribution in [0.25, 0.3) is 18.7 Å². The molecule has 2 unspecified atom stereocenters. The fourth-order valence-electron chi connectivity index (χ4n) is 5.96. The van der Waals surface area contributed by atoms with Crippen LogP contribution in [0.3, 0.4) is 0 Å². The van der Waals surface area contributed by atoms with E-state index in [-0.39, 0.29) is 21.7 Å². The Hall–Kier alpha value is -1.86. The molecule has 1 saturated carbocycles. The van der Waals surface area contributed by atoms with Crippen LogP contribution in [0, 0.1) is 22.7 Å². The van der Waals surface area contributed by atoms with Crippen LogP contribution < -0.4 is 10.4 Å². The topological polar surface area (TPSA) is 0 Å². The van der Waals surface area contributed by atoms with Crippen molar-refractivity contribution >= 4 is 30.1 Å². The van der Waals surface area contributed by atoms with Gasteiger partial charge in [-0.15, -0.1) is 11.3 Å². The van der Waals surface area contributed by atoms with Gasteiger partial charge in [0.15, 0.2) is 0 Å². The van der Waals surface area contributed by atoms with Gasteiger partial charge in [0.2, 0.25) is 0 Å². The zero-order valence-electron chi connectivity index (χ0n) is 25.9. The first-order valence-electron chi connectivity index (χ1n) is 14.0. The monoisotopic (exact) mass is 516 g/mol. The summed E-state index contributed by atoms with van der Waals surface area (Å²) in [7, 11) is 0. The van der Waals surface area contributed by atoms with Gasteiger partial charge in [0.25, 0.3) is 0 Å². The van der Waals surface area contributed by atoms with Crippen molar-refractivity contribution in [2.24, 2.45) is 22.7 Å². The average molecular weight is 517 g/mol. The van der Waals surface area contributed by atoms with E-state index < -0.39 is 0 Å². The fraction of sp³-hybridized carbons (Fsp3) is 0.556. The summed E-state index contributed by atoms with van der Waals surface area (Å²) in [6.45, 7) is 37.1. The zero-order valence-corrected chi connectivity index (χ0v) is 26.7. The molecule has 0 amide bonds. The molecule has 202 valence electrons. The predicted molar refractivity (Wildman–Crippen MR) is 169 cm³/mol. The van der Waals surface area contributed by atoms with Crippen molar-refractivity contribution in [2.45, 2.75) is 107 Å². The van der Waals surface area contributed by atoms with Crippen molar-refractivity contribution < 1.29 is 0 Å². The van der Waals surface area contributed by atoms with Crippen LogP contribution in [0.5, 0.6) is 0 Å². The van der Waals surface area contributed by atoms with E-state index in [4.69, 9.17) is 0 Å². The highest BCUT2D eigenvalue weighted by molar-refractivity contribution is 7.13. The predicted octanol–water partition coefficient (Wildman–Crippen LogP) is 9.64. The first kappa shape index (κ1) is 29.7. The first-order valence-corrected chi connectivity index (χ1v) is 14.8. The Labute approximate surface area is 232 Å². The molecule has 2 aromatic rings. The van der Waals surface area contributed by atoms with Gasteiger partial charge in [0.05, 0.1) is 0 Å². The minimum atomic E-state index is 0.0597. The van der Waals surface area contributed by atoms with Gasteiger partial charge in [0, 0.05) is 9.75 Å². The summed E-state index contributed by atoms with van der Waals surface area (Å²) in [6.07, 6.45) is 7.09. The molecule has 0 radical (unpaired) electrons. The number of thiophene rings is 1. The first-order chi connectivity index (χ1) is 16.7. The van der Waals surface area contributed by atoms with Crippen molar-refractivity contribution in [1.29, 1.82) is 0 Å². The number of hydrogen-bond donors (Lipinski definition) is 0. The van der Waals surface area contributed by atoms with Gasteiger partial charge < -0.3 is 0 Å². The number of allylic oxidation sites excluding steroid dienone is 2. The van der Waals surface area contributed by atoms with Gasteiger partial charge in [-0.2, -0.15) is 0 Å². The molecule has 1 heteroatoms. The molecule has 0 N–H and O–H groups in total. The molecular weight excluding hydrogens is 464 g/mol. The van der Waals surface area contributed by atoms with E-state index in [0.29, 0.717) is 11.8 Å². The summed E-state index contributed by atoms with van der Waals surface area (Å²) < 4.78 is 0. The largest absolute Gasteiger partial charge is 0.136 e.